The number of pyridine rings is 1. The first-order chi connectivity index (χ1) is 6.84. The summed E-state index contributed by atoms with van der Waals surface area (Å²) in [4.78, 5) is 4.11. The van der Waals surface area contributed by atoms with Crippen LogP contribution in [0.5, 0.6) is 5.75 Å². The lowest BCUT2D eigenvalue weighted by Crippen LogP contribution is -1.91. The number of nitrogens with zero attached hydrogens (tertiary/aromatic N) is 1. The summed E-state index contributed by atoms with van der Waals surface area (Å²) in [5.41, 5.74) is 0.823. The van der Waals surface area contributed by atoms with E-state index in [0.717, 1.165) is 11.5 Å². The molecule has 0 spiro atoms. The second-order valence-corrected chi connectivity index (χ2v) is 2.89. The Morgan fingerprint density at radius 2 is 2.00 bits per heavy atom. The van der Waals surface area contributed by atoms with E-state index in [4.69, 9.17) is 0 Å². The second-order valence-electron chi connectivity index (χ2n) is 2.89. The fraction of sp³-hybridized carbons (Fsp3) is 0. The first-order valence-corrected chi connectivity index (χ1v) is 4.32. The zero-order chi connectivity index (χ0) is 9.80. The van der Waals surface area contributed by atoms with Crippen molar-refractivity contribution >= 4 is 11.5 Å². The van der Waals surface area contributed by atoms with Gasteiger partial charge in [0.25, 0.3) is 0 Å². The van der Waals surface area contributed by atoms with Crippen LogP contribution in [0, 0.1) is 0 Å². The molecule has 3 heteroatoms. The highest BCUT2D eigenvalue weighted by Gasteiger charge is 1.94. The Morgan fingerprint density at radius 1 is 1.07 bits per heavy atom. The van der Waals surface area contributed by atoms with E-state index in [2.05, 4.69) is 10.3 Å². The maximum atomic E-state index is 9.23. The highest BCUT2D eigenvalue weighted by Crippen LogP contribution is 2.18. The number of hydrogen-bond donors (Lipinski definition) is 2. The highest BCUT2D eigenvalue weighted by atomic mass is 16.3. The fourth-order valence-corrected chi connectivity index (χ4v) is 1.17. The van der Waals surface area contributed by atoms with Gasteiger partial charge in [-0.15, -0.1) is 0 Å². The molecule has 3 nitrogen and oxygen atoms in total. The lowest BCUT2D eigenvalue weighted by Gasteiger charge is -2.04. The van der Waals surface area contributed by atoms with Gasteiger partial charge < -0.3 is 10.4 Å². The summed E-state index contributed by atoms with van der Waals surface area (Å²) in [6.07, 6.45) is 1.71. The molecule has 1 heterocycles. The largest absolute Gasteiger partial charge is 0.508 e. The molecule has 0 unspecified atom stereocenters. The van der Waals surface area contributed by atoms with Crippen LogP contribution in [-0.4, -0.2) is 10.1 Å². The van der Waals surface area contributed by atoms with Crippen LogP contribution in [-0.2, 0) is 0 Å². The highest BCUT2D eigenvalue weighted by molar-refractivity contribution is 5.57. The number of benzene rings is 1. The number of aromatic hydroxyl groups is 1. The molecule has 0 aliphatic carbocycles. The molecule has 14 heavy (non-hydrogen) atoms. The predicted octanol–water partition coefficient (Wildman–Crippen LogP) is 2.53. The van der Waals surface area contributed by atoms with Gasteiger partial charge in [-0.2, -0.15) is 0 Å². The minimum Gasteiger partial charge on any atom is -0.508 e. The van der Waals surface area contributed by atoms with E-state index in [9.17, 15) is 5.11 Å². The van der Waals surface area contributed by atoms with Crippen molar-refractivity contribution < 1.29 is 5.11 Å². The topological polar surface area (TPSA) is 45.1 Å². The first-order valence-electron chi connectivity index (χ1n) is 4.32. The second kappa shape index (κ2) is 3.79. The first kappa shape index (κ1) is 8.56. The molecule has 0 fully saturated rings. The van der Waals surface area contributed by atoms with Gasteiger partial charge in [-0.25, -0.2) is 4.98 Å². The van der Waals surface area contributed by atoms with Crippen LogP contribution in [0.4, 0.5) is 11.5 Å². The summed E-state index contributed by atoms with van der Waals surface area (Å²) in [6, 6.07) is 12.5. The van der Waals surface area contributed by atoms with E-state index >= 15 is 0 Å². The number of phenols is 1. The number of aromatic nitrogens is 1. The Kier molecular flexibility index (Phi) is 2.32. The molecule has 1 aromatic carbocycles. The molecule has 70 valence electrons. The van der Waals surface area contributed by atoms with Gasteiger partial charge in [-0.3, -0.25) is 0 Å². The van der Waals surface area contributed by atoms with Crippen LogP contribution in [0.3, 0.4) is 0 Å². The quantitative estimate of drug-likeness (QED) is 0.757. The van der Waals surface area contributed by atoms with E-state index in [0.29, 0.717) is 0 Å². The number of rotatable bonds is 2. The van der Waals surface area contributed by atoms with Gasteiger partial charge >= 0.3 is 0 Å². The predicted molar refractivity (Wildman–Crippen MR) is 55.6 cm³/mol. The van der Waals surface area contributed by atoms with E-state index < -0.39 is 0 Å². The molecule has 0 atom stereocenters. The van der Waals surface area contributed by atoms with E-state index in [1.165, 1.54) is 0 Å². The maximum absolute atomic E-state index is 9.23. The number of anilines is 2. The number of phenolic OH excluding ortho intramolecular Hbond substituents is 1. The molecule has 2 N–H and O–H groups in total. The van der Waals surface area contributed by atoms with Gasteiger partial charge in [0.15, 0.2) is 0 Å². The minimum absolute atomic E-state index is 0.242. The van der Waals surface area contributed by atoms with Crippen LogP contribution in [0.25, 0.3) is 0 Å². The van der Waals surface area contributed by atoms with Gasteiger partial charge in [-0.05, 0) is 24.3 Å². The monoisotopic (exact) mass is 186 g/mol. The zero-order valence-corrected chi connectivity index (χ0v) is 7.51. The van der Waals surface area contributed by atoms with Crippen molar-refractivity contribution in [3.63, 3.8) is 0 Å². The summed E-state index contributed by atoms with van der Waals surface area (Å²) in [5, 5.41) is 12.3. The van der Waals surface area contributed by atoms with Crippen LogP contribution in [0.15, 0.2) is 48.7 Å². The summed E-state index contributed by atoms with van der Waals surface area (Å²) < 4.78 is 0. The van der Waals surface area contributed by atoms with Crippen LogP contribution < -0.4 is 5.32 Å². The summed E-state index contributed by atoms with van der Waals surface area (Å²) in [6.45, 7) is 0. The van der Waals surface area contributed by atoms with E-state index in [1.807, 2.05) is 24.3 Å². The van der Waals surface area contributed by atoms with E-state index in [-0.39, 0.29) is 5.75 Å². The van der Waals surface area contributed by atoms with Crippen molar-refractivity contribution in [1.29, 1.82) is 0 Å². The minimum atomic E-state index is 0.242. The fourth-order valence-electron chi connectivity index (χ4n) is 1.17. The van der Waals surface area contributed by atoms with Gasteiger partial charge in [0.05, 0.1) is 0 Å². The third-order valence-electron chi connectivity index (χ3n) is 1.78. The zero-order valence-electron chi connectivity index (χ0n) is 7.51. The summed E-state index contributed by atoms with van der Waals surface area (Å²) in [7, 11) is 0. The van der Waals surface area contributed by atoms with Crippen LogP contribution in [0.2, 0.25) is 0 Å². The average molecular weight is 186 g/mol. The third kappa shape index (κ3) is 2.01. The molecule has 0 saturated heterocycles. The Bertz CT molecular complexity index is 415. The maximum Gasteiger partial charge on any atom is 0.130 e. The molecule has 2 aromatic rings. The summed E-state index contributed by atoms with van der Waals surface area (Å²) >= 11 is 0. The average Bonchev–Trinajstić information content (AvgIpc) is 2.19. The van der Waals surface area contributed by atoms with Gasteiger partial charge in [0, 0.05) is 18.0 Å². The van der Waals surface area contributed by atoms with Gasteiger partial charge in [-0.1, -0.05) is 12.1 Å². The molecule has 0 radical (unpaired) electrons. The number of hydrogen-bond acceptors (Lipinski definition) is 3. The van der Waals surface area contributed by atoms with E-state index in [1.54, 1.807) is 24.4 Å². The smallest absolute Gasteiger partial charge is 0.130 e. The molecular weight excluding hydrogens is 176 g/mol. The Balaban J connectivity index is 2.19. The Hall–Kier alpha value is -2.03. The SMILES string of the molecule is Oc1cccc(Nc2ccccn2)c1. The van der Waals surface area contributed by atoms with Crippen LogP contribution >= 0.6 is 0 Å². The Morgan fingerprint density at radius 3 is 2.71 bits per heavy atom. The molecule has 0 aliphatic heterocycles. The number of nitrogens with one attached hydrogen (secondary N) is 1. The third-order valence-corrected chi connectivity index (χ3v) is 1.78. The standard InChI is InChI=1S/C11H10N2O/c14-10-5-3-4-9(8-10)13-11-6-1-2-7-12-11/h1-8,14H,(H,12,13). The molecular formula is C11H10N2O. The lowest BCUT2D eigenvalue weighted by molar-refractivity contribution is 0.475. The van der Waals surface area contributed by atoms with Crippen molar-refractivity contribution in [2.24, 2.45) is 0 Å². The van der Waals surface area contributed by atoms with Crippen molar-refractivity contribution in [1.82, 2.24) is 4.98 Å². The van der Waals surface area contributed by atoms with Crippen LogP contribution in [0.1, 0.15) is 0 Å². The van der Waals surface area contributed by atoms with Crippen molar-refractivity contribution in [2.45, 2.75) is 0 Å². The van der Waals surface area contributed by atoms with Crippen molar-refractivity contribution in [3.05, 3.63) is 48.7 Å². The van der Waals surface area contributed by atoms with Crippen molar-refractivity contribution in [3.8, 4) is 5.75 Å². The van der Waals surface area contributed by atoms with Gasteiger partial charge in [0.2, 0.25) is 0 Å². The lowest BCUT2D eigenvalue weighted by atomic mass is 10.3. The molecule has 0 aliphatic rings. The van der Waals surface area contributed by atoms with Gasteiger partial charge in [0.1, 0.15) is 11.6 Å². The Labute approximate surface area is 82.1 Å². The molecule has 1 aromatic heterocycles. The molecule has 0 amide bonds. The van der Waals surface area contributed by atoms with Crippen molar-refractivity contribution in [2.75, 3.05) is 5.32 Å². The molecule has 0 saturated carbocycles. The summed E-state index contributed by atoms with van der Waals surface area (Å²) in [5.74, 6) is 1.00. The normalized spacial score (nSPS) is 9.71. The molecule has 2 rings (SSSR count). The molecule has 0 bridgehead atoms.